The van der Waals surface area contributed by atoms with Crippen molar-refractivity contribution in [1.82, 2.24) is 0 Å². The normalized spacial score (nSPS) is 11.3. The van der Waals surface area contributed by atoms with E-state index >= 15 is 0 Å². The van der Waals surface area contributed by atoms with Gasteiger partial charge in [0.25, 0.3) is 0 Å². The Morgan fingerprint density at radius 3 is 2.46 bits per heavy atom. The Morgan fingerprint density at radius 2 is 2.00 bits per heavy atom. The van der Waals surface area contributed by atoms with Crippen LogP contribution in [0.15, 0.2) is 18.2 Å². The molecule has 0 aromatic heterocycles. The molecule has 0 aliphatic carbocycles. The number of phenolic OH excluding ortho intramolecular Hbond substituents is 1. The Balaban J connectivity index is 3.15. The van der Waals surface area contributed by atoms with E-state index in [0.29, 0.717) is 4.24 Å². The van der Waals surface area contributed by atoms with E-state index in [1.807, 2.05) is 0 Å². The van der Waals surface area contributed by atoms with Gasteiger partial charge in [-0.3, -0.25) is 0 Å². The summed E-state index contributed by atoms with van der Waals surface area (Å²) in [4.78, 5) is 0. The third kappa shape index (κ3) is 2.93. The van der Waals surface area contributed by atoms with Crippen LogP contribution in [0.25, 0.3) is 0 Å². The SMILES string of the molecule is [Li][c]1cccc(O)c1OS(=O)(=O)O. The van der Waals surface area contributed by atoms with Crippen LogP contribution in [0.5, 0.6) is 11.5 Å². The van der Waals surface area contributed by atoms with Gasteiger partial charge in [0, 0.05) is 0 Å². The number of benzene rings is 1. The first-order valence-corrected chi connectivity index (χ1v) is 4.72. The van der Waals surface area contributed by atoms with Crippen LogP contribution in [0.1, 0.15) is 0 Å². The van der Waals surface area contributed by atoms with Crippen LogP contribution in [-0.2, 0) is 10.4 Å². The minimum absolute atomic E-state index is 0.259. The van der Waals surface area contributed by atoms with Crippen molar-refractivity contribution in [3.63, 3.8) is 0 Å². The van der Waals surface area contributed by atoms with E-state index in [0.717, 1.165) is 0 Å². The van der Waals surface area contributed by atoms with Gasteiger partial charge in [0.2, 0.25) is 0 Å². The average Bonchev–Trinajstić information content (AvgIpc) is 1.95. The standard InChI is InChI=1S/C6H5O5S.Li/c7-5-3-1-2-4-6(5)11-12(8,9)10;/h1-3,7H,(H,8,9,10);. The summed E-state index contributed by atoms with van der Waals surface area (Å²) in [6.45, 7) is 0. The van der Waals surface area contributed by atoms with Crippen LogP contribution >= 0.6 is 0 Å². The van der Waals surface area contributed by atoms with Crippen molar-refractivity contribution in [2.75, 3.05) is 0 Å². The van der Waals surface area contributed by atoms with Gasteiger partial charge >= 0.3 is 84.3 Å². The molecule has 0 unspecified atom stereocenters. The number of rotatable bonds is 2. The summed E-state index contributed by atoms with van der Waals surface area (Å²) in [5.74, 6) is -0.595. The Bertz CT molecular complexity index is 393. The van der Waals surface area contributed by atoms with Crippen molar-refractivity contribution in [3.05, 3.63) is 18.2 Å². The van der Waals surface area contributed by atoms with Crippen LogP contribution in [0.4, 0.5) is 0 Å². The molecule has 13 heavy (non-hydrogen) atoms. The molecule has 0 bridgehead atoms. The third-order valence-electron chi connectivity index (χ3n) is 1.38. The fourth-order valence-electron chi connectivity index (χ4n) is 0.851. The summed E-state index contributed by atoms with van der Waals surface area (Å²) in [5, 5.41) is 9.15. The maximum atomic E-state index is 10.3. The molecule has 0 aliphatic rings. The predicted molar refractivity (Wildman–Crippen MR) is 45.7 cm³/mol. The zero-order valence-electron chi connectivity index (χ0n) is 6.76. The van der Waals surface area contributed by atoms with Crippen LogP contribution in [0.3, 0.4) is 0 Å². The molecule has 0 fully saturated rings. The molecule has 0 radical (unpaired) electrons. The monoisotopic (exact) mass is 196 g/mol. The van der Waals surface area contributed by atoms with E-state index in [1.54, 1.807) is 23.8 Å². The van der Waals surface area contributed by atoms with E-state index in [2.05, 4.69) is 4.18 Å². The zero-order valence-corrected chi connectivity index (χ0v) is 7.58. The maximum absolute atomic E-state index is 10.3. The van der Waals surface area contributed by atoms with Crippen LogP contribution in [0, 0.1) is 0 Å². The van der Waals surface area contributed by atoms with Gasteiger partial charge in [0.05, 0.1) is 0 Å². The van der Waals surface area contributed by atoms with Gasteiger partial charge in [-0.15, -0.1) is 0 Å². The van der Waals surface area contributed by atoms with Crippen LogP contribution in [-0.4, -0.2) is 35.8 Å². The Morgan fingerprint density at radius 1 is 1.38 bits per heavy atom. The first-order valence-electron chi connectivity index (χ1n) is 3.35. The number of hydrogen-bond acceptors (Lipinski definition) is 4. The molecule has 1 rings (SSSR count). The molecule has 0 amide bonds. The Kier molecular flexibility index (Phi) is 2.88. The summed E-state index contributed by atoms with van der Waals surface area (Å²) in [6.07, 6.45) is 0. The fraction of sp³-hybridized carbons (Fsp3) is 0. The summed E-state index contributed by atoms with van der Waals surface area (Å²) >= 11 is 1.54. The first-order chi connectivity index (χ1) is 5.90. The molecule has 1 aromatic carbocycles. The topological polar surface area (TPSA) is 83.8 Å². The van der Waals surface area contributed by atoms with Gasteiger partial charge < -0.3 is 0 Å². The number of phenols is 1. The second-order valence-corrected chi connectivity index (χ2v) is 3.46. The van der Waals surface area contributed by atoms with E-state index in [9.17, 15) is 8.42 Å². The molecule has 0 heterocycles. The van der Waals surface area contributed by atoms with Gasteiger partial charge in [-0.05, 0) is 0 Å². The number of hydrogen-bond donors (Lipinski definition) is 2. The molecule has 0 saturated carbocycles. The van der Waals surface area contributed by atoms with Crippen molar-refractivity contribution in [2.24, 2.45) is 0 Å². The molecule has 0 atom stereocenters. The van der Waals surface area contributed by atoms with Gasteiger partial charge in [0.15, 0.2) is 0 Å². The predicted octanol–water partition coefficient (Wildman–Crippen LogP) is -0.632. The molecule has 66 valence electrons. The molecule has 0 spiro atoms. The summed E-state index contributed by atoms with van der Waals surface area (Å²) < 4.78 is 33.6. The van der Waals surface area contributed by atoms with Gasteiger partial charge in [-0.1, -0.05) is 0 Å². The van der Waals surface area contributed by atoms with Crippen molar-refractivity contribution in [1.29, 1.82) is 0 Å². The summed E-state index contributed by atoms with van der Waals surface area (Å²) in [5.41, 5.74) is 0. The van der Waals surface area contributed by atoms with E-state index in [1.165, 1.54) is 12.1 Å². The van der Waals surface area contributed by atoms with Crippen LogP contribution < -0.4 is 8.42 Å². The Hall–Kier alpha value is -0.673. The van der Waals surface area contributed by atoms with E-state index in [4.69, 9.17) is 9.66 Å². The molecular formula is C6H5LiO5S. The average molecular weight is 196 g/mol. The van der Waals surface area contributed by atoms with Crippen molar-refractivity contribution in [3.8, 4) is 11.5 Å². The molecular weight excluding hydrogens is 191 g/mol. The summed E-state index contributed by atoms with van der Waals surface area (Å²) in [6, 6.07) is 4.33. The number of aromatic hydroxyl groups is 1. The van der Waals surface area contributed by atoms with Crippen molar-refractivity contribution < 1.29 is 22.3 Å². The van der Waals surface area contributed by atoms with Gasteiger partial charge in [-0.25, -0.2) is 0 Å². The van der Waals surface area contributed by atoms with Crippen molar-refractivity contribution in [2.45, 2.75) is 0 Å². The van der Waals surface area contributed by atoms with Crippen LogP contribution in [0.2, 0.25) is 0 Å². The molecule has 2 N–H and O–H groups in total. The molecule has 1 aromatic rings. The fourth-order valence-corrected chi connectivity index (χ4v) is 1.28. The van der Waals surface area contributed by atoms with E-state index in [-0.39, 0.29) is 11.5 Å². The van der Waals surface area contributed by atoms with E-state index < -0.39 is 10.4 Å². The zero-order chi connectivity index (χ0) is 10.1. The minimum atomic E-state index is -4.58. The molecule has 0 aliphatic heterocycles. The second-order valence-electron chi connectivity index (χ2n) is 2.43. The molecule has 7 heteroatoms. The molecule has 5 nitrogen and oxygen atoms in total. The molecule has 0 saturated heterocycles. The van der Waals surface area contributed by atoms with Gasteiger partial charge in [-0.2, -0.15) is 0 Å². The second kappa shape index (κ2) is 3.60. The third-order valence-corrected chi connectivity index (χ3v) is 1.76. The quantitative estimate of drug-likeness (QED) is 0.486. The Labute approximate surface area is 84.5 Å². The summed E-state index contributed by atoms with van der Waals surface area (Å²) in [7, 11) is -4.58. The first kappa shape index (κ1) is 10.4. The van der Waals surface area contributed by atoms with Gasteiger partial charge in [0.1, 0.15) is 0 Å². The van der Waals surface area contributed by atoms with Crippen molar-refractivity contribution >= 4 is 32.4 Å². The number of para-hydroxylation sites is 1.